The van der Waals surface area contributed by atoms with E-state index in [-0.39, 0.29) is 18.2 Å². The summed E-state index contributed by atoms with van der Waals surface area (Å²) in [4.78, 5) is 17.6. The standard InChI is InChI=1S/C25H26N4O5S/c1-6-34-14-7-9-17-19(11-14)35-25(26-17)29-24-21(13(2)28-29)16(12-20(30)27-24)15-8-10-18(31-3)23(33-5)22(15)32-4/h7-11,16H,6,12H2,1-5H3,(H,27,30)/t16-/m0/s1. The van der Waals surface area contributed by atoms with E-state index in [1.165, 1.54) is 11.3 Å². The molecular formula is C25H26N4O5S. The lowest BCUT2D eigenvalue weighted by atomic mass is 9.85. The Kier molecular flexibility index (Phi) is 5.98. The van der Waals surface area contributed by atoms with Gasteiger partial charge in [-0.15, -0.1) is 0 Å². The van der Waals surface area contributed by atoms with Crippen molar-refractivity contribution in [3.05, 3.63) is 47.2 Å². The first-order valence-electron chi connectivity index (χ1n) is 11.2. The Morgan fingerprint density at radius 2 is 1.91 bits per heavy atom. The number of aromatic nitrogens is 3. The van der Waals surface area contributed by atoms with Gasteiger partial charge in [0.15, 0.2) is 11.5 Å². The second-order valence-electron chi connectivity index (χ2n) is 8.05. The summed E-state index contributed by atoms with van der Waals surface area (Å²) in [7, 11) is 4.72. The van der Waals surface area contributed by atoms with E-state index < -0.39 is 0 Å². The second kappa shape index (κ2) is 9.10. The van der Waals surface area contributed by atoms with Crippen molar-refractivity contribution in [1.82, 2.24) is 14.8 Å². The number of nitrogens with zero attached hydrogens (tertiary/aromatic N) is 3. The molecule has 1 aliphatic heterocycles. The first-order chi connectivity index (χ1) is 17.0. The van der Waals surface area contributed by atoms with Gasteiger partial charge in [-0.2, -0.15) is 9.78 Å². The third kappa shape index (κ3) is 3.83. The molecule has 4 aromatic rings. The average Bonchev–Trinajstić information content (AvgIpc) is 3.43. The number of carbonyl (C=O) groups excluding carboxylic acids is 1. The number of hydrogen-bond acceptors (Lipinski definition) is 8. The van der Waals surface area contributed by atoms with E-state index in [1.54, 1.807) is 26.0 Å². The number of hydrogen-bond donors (Lipinski definition) is 1. The quantitative estimate of drug-likeness (QED) is 0.398. The third-order valence-corrected chi connectivity index (χ3v) is 7.05. The number of thiazole rings is 1. The molecule has 2 aromatic heterocycles. The number of carbonyl (C=O) groups is 1. The Morgan fingerprint density at radius 3 is 2.63 bits per heavy atom. The van der Waals surface area contributed by atoms with Gasteiger partial charge in [-0.05, 0) is 38.1 Å². The zero-order valence-corrected chi connectivity index (χ0v) is 21.0. The molecule has 0 bridgehead atoms. The predicted octanol–water partition coefficient (Wildman–Crippen LogP) is 4.69. The lowest BCUT2D eigenvalue weighted by Crippen LogP contribution is -2.25. The lowest BCUT2D eigenvalue weighted by molar-refractivity contribution is -0.116. The number of nitrogens with one attached hydrogen (secondary N) is 1. The van der Waals surface area contributed by atoms with Crippen LogP contribution in [0.25, 0.3) is 15.3 Å². The van der Waals surface area contributed by atoms with Crippen LogP contribution in [0.4, 0.5) is 5.82 Å². The monoisotopic (exact) mass is 494 g/mol. The normalized spacial score (nSPS) is 15.0. The second-order valence-corrected chi connectivity index (χ2v) is 9.06. The van der Waals surface area contributed by atoms with Crippen molar-refractivity contribution in [3.8, 4) is 28.1 Å². The third-order valence-electron chi connectivity index (χ3n) is 6.05. The molecule has 1 aliphatic rings. The molecular weight excluding hydrogens is 468 g/mol. The molecule has 2 aromatic carbocycles. The van der Waals surface area contributed by atoms with Crippen LogP contribution in [0.15, 0.2) is 30.3 Å². The smallest absolute Gasteiger partial charge is 0.226 e. The van der Waals surface area contributed by atoms with Gasteiger partial charge in [-0.25, -0.2) is 4.98 Å². The molecule has 0 aliphatic carbocycles. The molecule has 1 atom stereocenters. The number of benzene rings is 2. The van der Waals surface area contributed by atoms with Crippen molar-refractivity contribution >= 4 is 33.3 Å². The maximum atomic E-state index is 12.9. The Labute approximate surface area is 206 Å². The van der Waals surface area contributed by atoms with Crippen molar-refractivity contribution in [2.75, 3.05) is 33.3 Å². The number of anilines is 1. The number of amides is 1. The van der Waals surface area contributed by atoms with Crippen molar-refractivity contribution < 1.29 is 23.7 Å². The van der Waals surface area contributed by atoms with Gasteiger partial charge in [0, 0.05) is 23.5 Å². The minimum atomic E-state index is -0.277. The van der Waals surface area contributed by atoms with E-state index in [2.05, 4.69) is 5.32 Å². The molecule has 35 heavy (non-hydrogen) atoms. The zero-order valence-electron chi connectivity index (χ0n) is 20.2. The van der Waals surface area contributed by atoms with Crippen LogP contribution in [-0.4, -0.2) is 48.6 Å². The van der Waals surface area contributed by atoms with Gasteiger partial charge in [0.25, 0.3) is 0 Å². The van der Waals surface area contributed by atoms with Gasteiger partial charge in [0.05, 0.1) is 43.8 Å². The molecule has 10 heteroatoms. The summed E-state index contributed by atoms with van der Waals surface area (Å²) in [5.74, 6) is 2.60. The summed E-state index contributed by atoms with van der Waals surface area (Å²) in [6, 6.07) is 9.54. The van der Waals surface area contributed by atoms with Crippen LogP contribution < -0.4 is 24.3 Å². The molecule has 1 N–H and O–H groups in total. The van der Waals surface area contributed by atoms with E-state index in [0.717, 1.165) is 32.8 Å². The Morgan fingerprint density at radius 1 is 1.11 bits per heavy atom. The topological polar surface area (TPSA) is 96.7 Å². The largest absolute Gasteiger partial charge is 0.494 e. The first kappa shape index (κ1) is 23.0. The highest BCUT2D eigenvalue weighted by Gasteiger charge is 2.36. The molecule has 0 saturated carbocycles. The molecule has 0 saturated heterocycles. The van der Waals surface area contributed by atoms with Gasteiger partial charge in [-0.1, -0.05) is 17.4 Å². The first-order valence-corrected chi connectivity index (χ1v) is 12.0. The van der Waals surface area contributed by atoms with E-state index >= 15 is 0 Å². The Hall–Kier alpha value is -3.79. The maximum absolute atomic E-state index is 12.9. The fourth-order valence-electron chi connectivity index (χ4n) is 4.59. The predicted molar refractivity (Wildman–Crippen MR) is 134 cm³/mol. The van der Waals surface area contributed by atoms with Gasteiger partial charge >= 0.3 is 0 Å². The zero-order chi connectivity index (χ0) is 24.7. The van der Waals surface area contributed by atoms with Crippen LogP contribution in [-0.2, 0) is 4.79 Å². The van der Waals surface area contributed by atoms with E-state index in [1.807, 2.05) is 44.2 Å². The molecule has 0 fully saturated rings. The number of aryl methyl sites for hydroxylation is 1. The van der Waals surface area contributed by atoms with Gasteiger partial charge in [0.2, 0.25) is 16.8 Å². The number of fused-ring (bicyclic) bond motifs is 2. The van der Waals surface area contributed by atoms with Crippen LogP contribution in [0.5, 0.6) is 23.0 Å². The highest BCUT2D eigenvalue weighted by atomic mass is 32.1. The summed E-state index contributed by atoms with van der Waals surface area (Å²) in [5.41, 5.74) is 3.39. The molecule has 0 spiro atoms. The van der Waals surface area contributed by atoms with Crippen molar-refractivity contribution in [3.63, 3.8) is 0 Å². The van der Waals surface area contributed by atoms with Crippen molar-refractivity contribution in [2.45, 2.75) is 26.2 Å². The number of ether oxygens (including phenoxy) is 4. The van der Waals surface area contributed by atoms with Gasteiger partial charge in [-0.3, -0.25) is 4.79 Å². The minimum absolute atomic E-state index is 0.111. The van der Waals surface area contributed by atoms with Crippen LogP contribution in [0.3, 0.4) is 0 Å². The number of methoxy groups -OCH3 is 3. The van der Waals surface area contributed by atoms with Crippen LogP contribution in [0.1, 0.15) is 36.1 Å². The fourth-order valence-corrected chi connectivity index (χ4v) is 5.54. The van der Waals surface area contributed by atoms with E-state index in [4.69, 9.17) is 29.0 Å². The molecule has 0 radical (unpaired) electrons. The summed E-state index contributed by atoms with van der Waals surface area (Å²) >= 11 is 1.49. The SMILES string of the molecule is CCOc1ccc2nc(-n3nc(C)c4c3NC(=O)C[C@H]4c3ccc(OC)c(OC)c3OC)sc2c1. The van der Waals surface area contributed by atoms with Crippen LogP contribution >= 0.6 is 11.3 Å². The van der Waals surface area contributed by atoms with Gasteiger partial charge in [0.1, 0.15) is 11.6 Å². The fraction of sp³-hybridized carbons (Fsp3) is 0.320. The molecule has 3 heterocycles. The summed E-state index contributed by atoms with van der Waals surface area (Å²) < 4.78 is 25.1. The molecule has 5 rings (SSSR count). The van der Waals surface area contributed by atoms with Gasteiger partial charge < -0.3 is 24.3 Å². The Bertz CT molecular complexity index is 1430. The van der Waals surface area contributed by atoms with Crippen LogP contribution in [0.2, 0.25) is 0 Å². The minimum Gasteiger partial charge on any atom is -0.494 e. The molecule has 1 amide bonds. The van der Waals surface area contributed by atoms with Crippen molar-refractivity contribution in [2.24, 2.45) is 0 Å². The summed E-state index contributed by atoms with van der Waals surface area (Å²) in [6.45, 7) is 4.48. The number of rotatable bonds is 7. The summed E-state index contributed by atoms with van der Waals surface area (Å²) in [5, 5.41) is 8.46. The average molecular weight is 495 g/mol. The van der Waals surface area contributed by atoms with Crippen LogP contribution in [0, 0.1) is 6.92 Å². The molecule has 0 unspecified atom stereocenters. The Balaban J connectivity index is 1.64. The highest BCUT2D eigenvalue weighted by Crippen LogP contribution is 2.48. The van der Waals surface area contributed by atoms with E-state index in [0.29, 0.717) is 34.8 Å². The van der Waals surface area contributed by atoms with Crippen molar-refractivity contribution in [1.29, 1.82) is 0 Å². The highest BCUT2D eigenvalue weighted by molar-refractivity contribution is 7.20. The molecule has 182 valence electrons. The lowest BCUT2D eigenvalue weighted by Gasteiger charge is -2.26. The maximum Gasteiger partial charge on any atom is 0.226 e. The van der Waals surface area contributed by atoms with E-state index in [9.17, 15) is 4.79 Å². The summed E-state index contributed by atoms with van der Waals surface area (Å²) in [6.07, 6.45) is 0.253. The molecule has 9 nitrogen and oxygen atoms in total.